The number of aromatic nitrogens is 2. The molecule has 1 amide bonds. The summed E-state index contributed by atoms with van der Waals surface area (Å²) in [6.45, 7) is 8.85. The summed E-state index contributed by atoms with van der Waals surface area (Å²) in [6, 6.07) is 8.14. The van der Waals surface area contributed by atoms with E-state index in [1.54, 1.807) is 6.20 Å². The highest BCUT2D eigenvalue weighted by atomic mass is 35.5. The Bertz CT molecular complexity index is 712. The van der Waals surface area contributed by atoms with Gasteiger partial charge in [-0.25, -0.2) is 4.98 Å². The molecule has 2 aromatic heterocycles. The quantitative estimate of drug-likeness (QED) is 0.837. The molecular weight excluding hydrogens is 371 g/mol. The molecular formula is C19H28Cl2N4O. The van der Waals surface area contributed by atoms with Gasteiger partial charge in [-0.2, -0.15) is 0 Å². The number of pyridine rings is 1. The van der Waals surface area contributed by atoms with E-state index in [0.29, 0.717) is 6.04 Å². The number of hydrogen-bond acceptors (Lipinski definition) is 3. The van der Waals surface area contributed by atoms with Crippen molar-refractivity contribution in [3.8, 4) is 5.82 Å². The Kier molecular flexibility index (Phi) is 8.60. The molecule has 1 N–H and O–H groups in total. The van der Waals surface area contributed by atoms with Crippen LogP contribution in [-0.2, 0) is 0 Å². The molecule has 0 aromatic carbocycles. The summed E-state index contributed by atoms with van der Waals surface area (Å²) >= 11 is 0. The van der Waals surface area contributed by atoms with Crippen LogP contribution in [0.2, 0.25) is 0 Å². The minimum Gasteiger partial charge on any atom is -0.334 e. The molecule has 3 rings (SSSR count). The summed E-state index contributed by atoms with van der Waals surface area (Å²) in [4.78, 5) is 19.7. The highest BCUT2D eigenvalue weighted by Gasteiger charge is 2.29. The fraction of sp³-hybridized carbons (Fsp3) is 0.474. The van der Waals surface area contributed by atoms with Crippen LogP contribution < -0.4 is 5.32 Å². The first-order valence-corrected chi connectivity index (χ1v) is 8.75. The molecule has 1 saturated heterocycles. The minimum absolute atomic E-state index is 0. The molecule has 0 spiro atoms. The van der Waals surface area contributed by atoms with Crippen molar-refractivity contribution in [1.82, 2.24) is 19.8 Å². The third kappa shape index (κ3) is 4.40. The van der Waals surface area contributed by atoms with Crippen LogP contribution in [0.3, 0.4) is 0 Å². The molecule has 0 saturated carbocycles. The maximum absolute atomic E-state index is 13.2. The first-order chi connectivity index (χ1) is 11.6. The number of halogens is 2. The van der Waals surface area contributed by atoms with Gasteiger partial charge in [-0.05, 0) is 51.4 Å². The lowest BCUT2D eigenvalue weighted by molar-refractivity contribution is 0.0691. The average Bonchev–Trinajstić information content (AvgIpc) is 3.21. The number of aryl methyl sites for hydroxylation is 1. The van der Waals surface area contributed by atoms with Crippen molar-refractivity contribution in [2.24, 2.45) is 0 Å². The largest absolute Gasteiger partial charge is 0.334 e. The van der Waals surface area contributed by atoms with Gasteiger partial charge >= 0.3 is 0 Å². The lowest BCUT2D eigenvalue weighted by Gasteiger charge is -2.28. The smallest absolute Gasteiger partial charge is 0.255 e. The van der Waals surface area contributed by atoms with Crippen LogP contribution in [-0.4, -0.2) is 46.0 Å². The van der Waals surface area contributed by atoms with Gasteiger partial charge in [0.05, 0.1) is 5.56 Å². The molecule has 1 atom stereocenters. The third-order valence-corrected chi connectivity index (χ3v) is 4.74. The molecule has 0 radical (unpaired) electrons. The van der Waals surface area contributed by atoms with Crippen molar-refractivity contribution in [3.05, 3.63) is 47.4 Å². The monoisotopic (exact) mass is 398 g/mol. The highest BCUT2D eigenvalue weighted by molar-refractivity contribution is 5.96. The Morgan fingerprint density at radius 3 is 2.69 bits per heavy atom. The van der Waals surface area contributed by atoms with Crippen molar-refractivity contribution in [1.29, 1.82) is 0 Å². The highest BCUT2D eigenvalue weighted by Crippen LogP contribution is 2.22. The van der Waals surface area contributed by atoms with Crippen molar-refractivity contribution in [2.75, 3.05) is 19.6 Å². The van der Waals surface area contributed by atoms with Gasteiger partial charge in [0.1, 0.15) is 5.82 Å². The van der Waals surface area contributed by atoms with E-state index in [0.717, 1.165) is 55.2 Å². The molecule has 144 valence electrons. The molecule has 3 heterocycles. The van der Waals surface area contributed by atoms with E-state index in [4.69, 9.17) is 0 Å². The van der Waals surface area contributed by atoms with Crippen molar-refractivity contribution >= 4 is 30.7 Å². The van der Waals surface area contributed by atoms with Gasteiger partial charge < -0.3 is 14.8 Å². The van der Waals surface area contributed by atoms with Crippen LogP contribution in [0.25, 0.3) is 5.82 Å². The third-order valence-electron chi connectivity index (χ3n) is 4.74. The van der Waals surface area contributed by atoms with Crippen molar-refractivity contribution < 1.29 is 4.79 Å². The van der Waals surface area contributed by atoms with Crippen LogP contribution in [0.5, 0.6) is 0 Å². The maximum Gasteiger partial charge on any atom is 0.255 e. The molecule has 26 heavy (non-hydrogen) atoms. The van der Waals surface area contributed by atoms with Crippen molar-refractivity contribution in [3.63, 3.8) is 0 Å². The predicted molar refractivity (Wildman–Crippen MR) is 110 cm³/mol. The number of carbonyl (C=O) groups excluding carboxylic acids is 1. The Labute approximate surface area is 168 Å². The van der Waals surface area contributed by atoms with Crippen LogP contribution in [0, 0.1) is 13.8 Å². The van der Waals surface area contributed by atoms with E-state index in [1.807, 2.05) is 43.0 Å². The van der Waals surface area contributed by atoms with Gasteiger partial charge in [-0.3, -0.25) is 4.79 Å². The lowest BCUT2D eigenvalue weighted by atomic mass is 10.1. The summed E-state index contributed by atoms with van der Waals surface area (Å²) in [6.07, 6.45) is 3.79. The summed E-state index contributed by atoms with van der Waals surface area (Å²) in [7, 11) is 0. The Morgan fingerprint density at radius 2 is 2.12 bits per heavy atom. The van der Waals surface area contributed by atoms with Gasteiger partial charge in [0.25, 0.3) is 5.91 Å². The maximum atomic E-state index is 13.2. The number of carbonyl (C=O) groups is 1. The van der Waals surface area contributed by atoms with E-state index >= 15 is 0 Å². The van der Waals surface area contributed by atoms with Crippen LogP contribution in [0.15, 0.2) is 30.5 Å². The molecule has 1 fully saturated rings. The number of hydrogen-bond donors (Lipinski definition) is 1. The zero-order valence-electron chi connectivity index (χ0n) is 15.6. The Morgan fingerprint density at radius 1 is 1.35 bits per heavy atom. The second-order valence-corrected chi connectivity index (χ2v) is 6.45. The molecule has 1 aliphatic rings. The van der Waals surface area contributed by atoms with Gasteiger partial charge in [0.2, 0.25) is 0 Å². The molecule has 1 unspecified atom stereocenters. The van der Waals surface area contributed by atoms with Gasteiger partial charge in [0, 0.05) is 36.7 Å². The summed E-state index contributed by atoms with van der Waals surface area (Å²) in [5.74, 6) is 0.997. The summed E-state index contributed by atoms with van der Waals surface area (Å²) in [5, 5.41) is 3.37. The first-order valence-electron chi connectivity index (χ1n) is 8.75. The molecule has 2 aromatic rings. The first kappa shape index (κ1) is 22.5. The van der Waals surface area contributed by atoms with Crippen LogP contribution in [0.4, 0.5) is 0 Å². The summed E-state index contributed by atoms with van der Waals surface area (Å²) in [5.41, 5.74) is 2.79. The van der Waals surface area contributed by atoms with E-state index in [-0.39, 0.29) is 30.7 Å². The van der Waals surface area contributed by atoms with Gasteiger partial charge in [-0.1, -0.05) is 13.0 Å². The molecule has 7 heteroatoms. The summed E-state index contributed by atoms with van der Waals surface area (Å²) < 4.78 is 2.06. The average molecular weight is 399 g/mol. The topological polar surface area (TPSA) is 50.2 Å². The van der Waals surface area contributed by atoms with E-state index in [2.05, 4.69) is 21.8 Å². The van der Waals surface area contributed by atoms with Gasteiger partial charge in [0.15, 0.2) is 0 Å². The zero-order valence-corrected chi connectivity index (χ0v) is 17.2. The number of nitrogens with zero attached hydrogens (tertiary/aromatic N) is 3. The number of amides is 1. The second-order valence-electron chi connectivity index (χ2n) is 6.45. The van der Waals surface area contributed by atoms with E-state index in [9.17, 15) is 4.79 Å². The normalized spacial score (nSPS) is 15.9. The second kappa shape index (κ2) is 9.95. The van der Waals surface area contributed by atoms with Crippen molar-refractivity contribution in [2.45, 2.75) is 39.7 Å². The van der Waals surface area contributed by atoms with Crippen LogP contribution >= 0.6 is 24.8 Å². The minimum atomic E-state index is 0. The molecule has 1 aliphatic heterocycles. The fourth-order valence-corrected chi connectivity index (χ4v) is 3.57. The Hall–Kier alpha value is -1.56. The van der Waals surface area contributed by atoms with E-state index in [1.165, 1.54) is 0 Å². The Balaban J connectivity index is 0.00000169. The van der Waals surface area contributed by atoms with Gasteiger partial charge in [-0.15, -0.1) is 24.8 Å². The molecule has 5 nitrogen and oxygen atoms in total. The zero-order chi connectivity index (χ0) is 17.1. The predicted octanol–water partition coefficient (Wildman–Crippen LogP) is 3.55. The molecule has 0 bridgehead atoms. The van der Waals surface area contributed by atoms with Crippen LogP contribution in [0.1, 0.15) is 41.5 Å². The SMILES string of the molecule is CCCN(C(=O)c1cc(C)n(-c2ccccn2)c1C)C1CCNC1.Cl.Cl. The standard InChI is InChI=1S/C19H26N4O.2ClH/c1-4-11-22(16-8-10-20-13-16)19(24)17-12-14(2)23(15(17)3)18-7-5-6-9-21-18;;/h5-7,9,12,16,20H,4,8,10-11,13H2,1-3H3;2*1H. The lowest BCUT2D eigenvalue weighted by Crippen LogP contribution is -2.42. The molecule has 0 aliphatic carbocycles. The van der Waals surface area contributed by atoms with E-state index < -0.39 is 0 Å². The fourth-order valence-electron chi connectivity index (χ4n) is 3.57. The number of nitrogens with one attached hydrogen (secondary N) is 1. The number of rotatable bonds is 5.